The van der Waals surface area contributed by atoms with E-state index in [4.69, 9.17) is 5.73 Å². The molecule has 0 aromatic carbocycles. The number of rotatable bonds is 5. The zero-order valence-corrected chi connectivity index (χ0v) is 10.8. The van der Waals surface area contributed by atoms with E-state index in [1.54, 1.807) is 17.3 Å². The van der Waals surface area contributed by atoms with Gasteiger partial charge in [0.2, 0.25) is 5.91 Å². The summed E-state index contributed by atoms with van der Waals surface area (Å²) in [6.07, 6.45) is 4.26. The lowest BCUT2D eigenvalue weighted by Gasteiger charge is -2.26. The predicted octanol–water partition coefficient (Wildman–Crippen LogP) is 1.81. The SMILES string of the molecule is CCC(C)[C@H](N)C(=O)N(CC)c1ccncc1. The molecular weight excluding hydrogens is 214 g/mol. The van der Waals surface area contributed by atoms with Gasteiger partial charge < -0.3 is 10.6 Å². The maximum absolute atomic E-state index is 12.3. The molecule has 1 unspecified atom stereocenters. The highest BCUT2D eigenvalue weighted by Gasteiger charge is 2.24. The van der Waals surface area contributed by atoms with E-state index in [0.29, 0.717) is 6.54 Å². The van der Waals surface area contributed by atoms with Crippen molar-refractivity contribution in [2.24, 2.45) is 11.7 Å². The minimum atomic E-state index is -0.437. The number of likely N-dealkylation sites (N-methyl/N-ethyl adjacent to an activating group) is 1. The van der Waals surface area contributed by atoms with Crippen LogP contribution in [0.5, 0.6) is 0 Å². The first-order valence-electron chi connectivity index (χ1n) is 6.08. The molecule has 0 aliphatic heterocycles. The number of carbonyl (C=O) groups excluding carboxylic acids is 1. The number of hydrogen-bond acceptors (Lipinski definition) is 3. The van der Waals surface area contributed by atoms with Crippen LogP contribution >= 0.6 is 0 Å². The van der Waals surface area contributed by atoms with Crippen molar-refractivity contribution >= 4 is 11.6 Å². The van der Waals surface area contributed by atoms with Crippen LogP contribution in [0.4, 0.5) is 5.69 Å². The fourth-order valence-corrected chi connectivity index (χ4v) is 1.67. The molecule has 1 aromatic rings. The second-order valence-electron chi connectivity index (χ2n) is 4.20. The van der Waals surface area contributed by atoms with Crippen LogP contribution in [0.3, 0.4) is 0 Å². The standard InChI is InChI=1S/C13H21N3O/c1-4-10(3)12(14)13(17)16(5-2)11-6-8-15-9-7-11/h6-10,12H,4-5,14H2,1-3H3/t10?,12-/m0/s1. The summed E-state index contributed by atoms with van der Waals surface area (Å²) in [6.45, 7) is 6.61. The Morgan fingerprint density at radius 2 is 2.00 bits per heavy atom. The van der Waals surface area contributed by atoms with Gasteiger partial charge in [0.1, 0.15) is 0 Å². The van der Waals surface area contributed by atoms with Crippen molar-refractivity contribution in [3.05, 3.63) is 24.5 Å². The Balaban J connectivity index is 2.85. The lowest BCUT2D eigenvalue weighted by Crippen LogP contribution is -2.47. The van der Waals surface area contributed by atoms with Crippen LogP contribution < -0.4 is 10.6 Å². The van der Waals surface area contributed by atoms with Gasteiger partial charge in [-0.2, -0.15) is 0 Å². The fourth-order valence-electron chi connectivity index (χ4n) is 1.67. The third kappa shape index (κ3) is 3.27. The molecule has 0 bridgehead atoms. The number of hydrogen-bond donors (Lipinski definition) is 1. The second-order valence-corrected chi connectivity index (χ2v) is 4.20. The van der Waals surface area contributed by atoms with Crippen molar-refractivity contribution in [3.63, 3.8) is 0 Å². The van der Waals surface area contributed by atoms with Gasteiger partial charge in [-0.05, 0) is 25.0 Å². The van der Waals surface area contributed by atoms with E-state index in [1.807, 2.05) is 32.9 Å². The van der Waals surface area contributed by atoms with E-state index in [1.165, 1.54) is 0 Å². The molecule has 0 saturated heterocycles. The van der Waals surface area contributed by atoms with Crippen molar-refractivity contribution < 1.29 is 4.79 Å². The van der Waals surface area contributed by atoms with Crippen molar-refractivity contribution in [3.8, 4) is 0 Å². The van der Waals surface area contributed by atoms with Crippen molar-refractivity contribution in [1.29, 1.82) is 0 Å². The van der Waals surface area contributed by atoms with E-state index in [-0.39, 0.29) is 11.8 Å². The molecule has 0 radical (unpaired) electrons. The third-order valence-corrected chi connectivity index (χ3v) is 3.10. The Hall–Kier alpha value is -1.42. The number of amides is 1. The quantitative estimate of drug-likeness (QED) is 0.846. The summed E-state index contributed by atoms with van der Waals surface area (Å²) in [5.74, 6) is 0.173. The predicted molar refractivity (Wildman–Crippen MR) is 69.7 cm³/mol. The zero-order chi connectivity index (χ0) is 12.8. The molecule has 4 nitrogen and oxygen atoms in total. The first-order chi connectivity index (χ1) is 8.11. The molecule has 1 rings (SSSR count). The average molecular weight is 235 g/mol. The highest BCUT2D eigenvalue weighted by Crippen LogP contribution is 2.16. The van der Waals surface area contributed by atoms with Crippen LogP contribution in [0.15, 0.2) is 24.5 Å². The van der Waals surface area contributed by atoms with Gasteiger partial charge in [0.25, 0.3) is 0 Å². The van der Waals surface area contributed by atoms with E-state index in [0.717, 1.165) is 12.1 Å². The summed E-state index contributed by atoms with van der Waals surface area (Å²) >= 11 is 0. The molecule has 1 heterocycles. The molecule has 2 N–H and O–H groups in total. The number of aromatic nitrogens is 1. The Kier molecular flexibility index (Phi) is 5.10. The minimum absolute atomic E-state index is 0.0203. The molecule has 0 fully saturated rings. The summed E-state index contributed by atoms with van der Waals surface area (Å²) in [5.41, 5.74) is 6.83. The Morgan fingerprint density at radius 3 is 2.47 bits per heavy atom. The number of carbonyl (C=O) groups is 1. The normalized spacial score (nSPS) is 14.1. The van der Waals surface area contributed by atoms with Crippen LogP contribution in [0, 0.1) is 5.92 Å². The first-order valence-corrected chi connectivity index (χ1v) is 6.08. The summed E-state index contributed by atoms with van der Waals surface area (Å²) in [5, 5.41) is 0. The van der Waals surface area contributed by atoms with E-state index in [9.17, 15) is 4.79 Å². The Labute approximate surface area is 103 Å². The van der Waals surface area contributed by atoms with Gasteiger partial charge in [-0.25, -0.2) is 0 Å². The van der Waals surface area contributed by atoms with Crippen LogP contribution in [0.25, 0.3) is 0 Å². The molecule has 1 amide bonds. The average Bonchev–Trinajstić information content (AvgIpc) is 2.38. The first kappa shape index (κ1) is 13.6. The highest BCUT2D eigenvalue weighted by atomic mass is 16.2. The third-order valence-electron chi connectivity index (χ3n) is 3.10. The second kappa shape index (κ2) is 6.35. The van der Waals surface area contributed by atoms with Gasteiger partial charge in [-0.15, -0.1) is 0 Å². The van der Waals surface area contributed by atoms with E-state index < -0.39 is 6.04 Å². The molecule has 17 heavy (non-hydrogen) atoms. The number of nitrogens with two attached hydrogens (primary N) is 1. The van der Waals surface area contributed by atoms with Crippen LogP contribution in [-0.2, 0) is 4.79 Å². The summed E-state index contributed by atoms with van der Waals surface area (Å²) in [4.78, 5) is 17.9. The fraction of sp³-hybridized carbons (Fsp3) is 0.538. The summed E-state index contributed by atoms with van der Waals surface area (Å²) in [6, 6.07) is 3.21. The van der Waals surface area contributed by atoms with Gasteiger partial charge >= 0.3 is 0 Å². The van der Waals surface area contributed by atoms with Gasteiger partial charge in [0.05, 0.1) is 6.04 Å². The maximum atomic E-state index is 12.3. The molecule has 1 aromatic heterocycles. The molecule has 4 heteroatoms. The smallest absolute Gasteiger partial charge is 0.244 e. The number of nitrogens with zero attached hydrogens (tertiary/aromatic N) is 2. The van der Waals surface area contributed by atoms with Gasteiger partial charge in [-0.3, -0.25) is 9.78 Å². The van der Waals surface area contributed by atoms with Crippen molar-refractivity contribution in [2.45, 2.75) is 33.2 Å². The minimum Gasteiger partial charge on any atom is -0.320 e. The molecule has 2 atom stereocenters. The molecule has 0 aliphatic carbocycles. The number of pyridine rings is 1. The topological polar surface area (TPSA) is 59.2 Å². The lowest BCUT2D eigenvalue weighted by molar-refractivity contribution is -0.120. The van der Waals surface area contributed by atoms with Crippen molar-refractivity contribution in [2.75, 3.05) is 11.4 Å². The highest BCUT2D eigenvalue weighted by molar-refractivity contribution is 5.97. The molecule has 0 spiro atoms. The van der Waals surface area contributed by atoms with Crippen LogP contribution in [-0.4, -0.2) is 23.5 Å². The Bertz CT molecular complexity index is 353. The summed E-state index contributed by atoms with van der Waals surface area (Å²) < 4.78 is 0. The Morgan fingerprint density at radius 1 is 1.41 bits per heavy atom. The van der Waals surface area contributed by atoms with Crippen LogP contribution in [0.1, 0.15) is 27.2 Å². The van der Waals surface area contributed by atoms with Gasteiger partial charge in [0.15, 0.2) is 0 Å². The van der Waals surface area contributed by atoms with Gasteiger partial charge in [-0.1, -0.05) is 20.3 Å². The largest absolute Gasteiger partial charge is 0.320 e. The van der Waals surface area contributed by atoms with E-state index >= 15 is 0 Å². The van der Waals surface area contributed by atoms with E-state index in [2.05, 4.69) is 4.98 Å². The van der Waals surface area contributed by atoms with Crippen molar-refractivity contribution in [1.82, 2.24) is 4.98 Å². The molecule has 0 saturated carbocycles. The maximum Gasteiger partial charge on any atom is 0.244 e. The number of anilines is 1. The molecular formula is C13H21N3O. The molecule has 0 aliphatic rings. The lowest BCUT2D eigenvalue weighted by atomic mass is 9.98. The monoisotopic (exact) mass is 235 g/mol. The molecule has 94 valence electrons. The van der Waals surface area contributed by atoms with Gasteiger partial charge in [0, 0.05) is 24.6 Å². The van der Waals surface area contributed by atoms with Crippen LogP contribution in [0.2, 0.25) is 0 Å². The summed E-state index contributed by atoms with van der Waals surface area (Å²) in [7, 11) is 0. The zero-order valence-electron chi connectivity index (χ0n) is 10.8.